The van der Waals surface area contributed by atoms with E-state index in [1.54, 1.807) is 14.2 Å². The zero-order chi connectivity index (χ0) is 23.2. The lowest BCUT2D eigenvalue weighted by atomic mass is 9.97. The summed E-state index contributed by atoms with van der Waals surface area (Å²) in [6, 6.07) is 8.63. The molecule has 1 unspecified atom stereocenters. The molecule has 0 aliphatic carbocycles. The van der Waals surface area contributed by atoms with Crippen LogP contribution in [0.1, 0.15) is 58.8 Å². The van der Waals surface area contributed by atoms with Crippen LogP contribution in [0.2, 0.25) is 0 Å². The van der Waals surface area contributed by atoms with Crippen molar-refractivity contribution in [2.24, 2.45) is 0 Å². The number of methoxy groups -OCH3 is 2. The predicted molar refractivity (Wildman–Crippen MR) is 132 cm³/mol. The summed E-state index contributed by atoms with van der Waals surface area (Å²) < 4.78 is 26.2. The third-order valence-electron chi connectivity index (χ3n) is 4.94. The molecule has 1 aliphatic rings. The molecule has 1 aromatic rings. The largest absolute Gasteiger partial charge is 0.497 e. The van der Waals surface area contributed by atoms with Crippen LogP contribution in [0.25, 0.3) is 0 Å². The van der Waals surface area contributed by atoms with Gasteiger partial charge in [0.1, 0.15) is 11.5 Å². The zero-order valence-electron chi connectivity index (χ0n) is 19.7. The molecule has 1 aliphatic heterocycles. The fraction of sp³-hybridized carbons (Fsp3) is 0.682. The first-order valence-corrected chi connectivity index (χ1v) is 13.8. The number of nitriles is 1. The van der Waals surface area contributed by atoms with Gasteiger partial charge in [-0.2, -0.15) is 5.26 Å². The topological polar surface area (TPSA) is 64.0 Å². The Morgan fingerprint density at radius 1 is 1.16 bits per heavy atom. The number of rotatable bonds is 11. The van der Waals surface area contributed by atoms with Gasteiger partial charge in [-0.05, 0) is 47.6 Å². The molecule has 0 aromatic heterocycles. The quantitative estimate of drug-likeness (QED) is 0.197. The molecule has 0 amide bonds. The summed E-state index contributed by atoms with van der Waals surface area (Å²) in [5.41, 5.74) is 1.09. The van der Waals surface area contributed by atoms with Crippen LogP contribution in [0.5, 0.6) is 11.5 Å². The van der Waals surface area contributed by atoms with Crippen LogP contribution in [0.15, 0.2) is 18.2 Å². The Bertz CT molecular complexity index is 750. The van der Waals surface area contributed by atoms with Crippen LogP contribution < -0.4 is 9.47 Å². The van der Waals surface area contributed by atoms with E-state index in [0.29, 0.717) is 13.0 Å². The van der Waals surface area contributed by atoms with Gasteiger partial charge in [0.25, 0.3) is 8.53 Å². The highest BCUT2D eigenvalue weighted by Gasteiger charge is 2.49. The van der Waals surface area contributed by atoms with Gasteiger partial charge in [-0.1, -0.05) is 27.7 Å². The number of hydrogen-bond acceptors (Lipinski definition) is 8. The van der Waals surface area contributed by atoms with Gasteiger partial charge in [0, 0.05) is 28.5 Å². The van der Waals surface area contributed by atoms with E-state index in [0.717, 1.165) is 17.1 Å². The Kier molecular flexibility index (Phi) is 10.3. The molecule has 9 heteroatoms. The average Bonchev–Trinajstić information content (AvgIpc) is 3.01. The van der Waals surface area contributed by atoms with Crippen molar-refractivity contribution in [3.05, 3.63) is 23.8 Å². The average molecular weight is 487 g/mol. The fourth-order valence-corrected chi connectivity index (χ4v) is 8.98. The lowest BCUT2D eigenvalue weighted by Gasteiger charge is -2.39. The van der Waals surface area contributed by atoms with Gasteiger partial charge < -0.3 is 18.5 Å². The predicted octanol–water partition coefficient (Wildman–Crippen LogP) is 6.58. The van der Waals surface area contributed by atoms with Crippen LogP contribution in [0, 0.1) is 11.3 Å². The van der Waals surface area contributed by atoms with Crippen molar-refractivity contribution < 1.29 is 18.5 Å². The lowest BCUT2D eigenvalue weighted by molar-refractivity contribution is 0.114. The van der Waals surface area contributed by atoms with Crippen molar-refractivity contribution in [2.45, 2.75) is 76.1 Å². The molecule has 0 spiro atoms. The molecule has 31 heavy (non-hydrogen) atoms. The summed E-state index contributed by atoms with van der Waals surface area (Å²) >= 11 is 0. The number of nitrogens with zero attached hydrogens (tertiary/aromatic N) is 2. The maximum atomic E-state index is 8.99. The van der Waals surface area contributed by atoms with Gasteiger partial charge in [-0.15, -0.1) is 0 Å². The number of benzene rings is 1. The molecule has 2 rings (SSSR count). The standard InChI is InChI=1S/C22H35N2O4PS2/c1-15(2)24(16(3)4)29(27-13-9-12-23)28-21-20(30-31-22(21,5)6)18-11-10-17(25-7)14-19(18)26-8/h10-11,14-16,20-21H,9,13H2,1-8H3/t20-,21+,29?/m1/s1. The van der Waals surface area contributed by atoms with Crippen LogP contribution in [-0.4, -0.2) is 48.4 Å². The van der Waals surface area contributed by atoms with Crippen molar-refractivity contribution in [1.29, 1.82) is 5.26 Å². The molecule has 1 heterocycles. The molecule has 0 saturated carbocycles. The minimum Gasteiger partial charge on any atom is -0.497 e. The first-order chi connectivity index (χ1) is 14.7. The Balaban J connectivity index is 2.38. The normalized spacial score (nSPS) is 21.5. The van der Waals surface area contributed by atoms with E-state index in [9.17, 15) is 0 Å². The maximum Gasteiger partial charge on any atom is 0.259 e. The Labute approximate surface area is 196 Å². The van der Waals surface area contributed by atoms with E-state index in [2.05, 4.69) is 58.3 Å². The van der Waals surface area contributed by atoms with Gasteiger partial charge in [0.2, 0.25) is 0 Å². The number of ether oxygens (including phenoxy) is 2. The zero-order valence-corrected chi connectivity index (χ0v) is 22.3. The summed E-state index contributed by atoms with van der Waals surface area (Å²) in [5, 5.41) is 9.06. The van der Waals surface area contributed by atoms with E-state index in [1.165, 1.54) is 0 Å². The Morgan fingerprint density at radius 3 is 2.39 bits per heavy atom. The minimum atomic E-state index is -1.33. The van der Waals surface area contributed by atoms with E-state index in [-0.39, 0.29) is 28.2 Å². The van der Waals surface area contributed by atoms with Gasteiger partial charge in [-0.3, -0.25) is 0 Å². The van der Waals surface area contributed by atoms with E-state index < -0.39 is 8.53 Å². The molecular formula is C22H35N2O4PS2. The van der Waals surface area contributed by atoms with E-state index in [1.807, 2.05) is 33.7 Å². The number of hydrogen-bond donors (Lipinski definition) is 0. The fourth-order valence-electron chi connectivity index (χ4n) is 3.48. The molecule has 0 bridgehead atoms. The summed E-state index contributed by atoms with van der Waals surface area (Å²) in [6.07, 6.45) is 0.248. The molecule has 6 nitrogen and oxygen atoms in total. The smallest absolute Gasteiger partial charge is 0.259 e. The molecule has 3 atom stereocenters. The van der Waals surface area contributed by atoms with Crippen LogP contribution in [0.4, 0.5) is 0 Å². The van der Waals surface area contributed by atoms with Crippen LogP contribution in [0.3, 0.4) is 0 Å². The summed E-state index contributed by atoms with van der Waals surface area (Å²) in [4.78, 5) is 0. The van der Waals surface area contributed by atoms with E-state index in [4.69, 9.17) is 23.8 Å². The van der Waals surface area contributed by atoms with E-state index >= 15 is 0 Å². The van der Waals surface area contributed by atoms with Crippen LogP contribution in [-0.2, 0) is 9.05 Å². The molecule has 1 saturated heterocycles. The Hall–Kier alpha value is -0.680. The molecule has 0 N–H and O–H groups in total. The summed E-state index contributed by atoms with van der Waals surface area (Å²) in [6.45, 7) is 13.4. The highest BCUT2D eigenvalue weighted by molar-refractivity contribution is 8.77. The van der Waals surface area contributed by atoms with Gasteiger partial charge in [0.15, 0.2) is 0 Å². The van der Waals surface area contributed by atoms with Crippen molar-refractivity contribution >= 4 is 30.1 Å². The molecular weight excluding hydrogens is 451 g/mol. The second-order valence-electron chi connectivity index (χ2n) is 8.38. The van der Waals surface area contributed by atoms with Gasteiger partial charge >= 0.3 is 0 Å². The third-order valence-corrected chi connectivity index (χ3v) is 10.7. The van der Waals surface area contributed by atoms with Crippen molar-refractivity contribution in [3.8, 4) is 17.6 Å². The Morgan fingerprint density at radius 2 is 1.84 bits per heavy atom. The van der Waals surface area contributed by atoms with Gasteiger partial charge in [-0.25, -0.2) is 4.67 Å². The van der Waals surface area contributed by atoms with Gasteiger partial charge in [0.05, 0.1) is 44.7 Å². The summed E-state index contributed by atoms with van der Waals surface area (Å²) in [7, 11) is 5.64. The summed E-state index contributed by atoms with van der Waals surface area (Å²) in [5.74, 6) is 1.56. The van der Waals surface area contributed by atoms with Crippen LogP contribution >= 0.6 is 30.1 Å². The minimum absolute atomic E-state index is 0.0756. The molecule has 1 fully saturated rings. The monoisotopic (exact) mass is 486 g/mol. The van der Waals surface area contributed by atoms with Crippen molar-refractivity contribution in [2.75, 3.05) is 20.8 Å². The van der Waals surface area contributed by atoms with Crippen molar-refractivity contribution in [1.82, 2.24) is 4.67 Å². The molecule has 1 aromatic carbocycles. The highest BCUT2D eigenvalue weighted by atomic mass is 33.1. The molecule has 174 valence electrons. The maximum absolute atomic E-state index is 8.99. The second-order valence-corrected chi connectivity index (χ2v) is 12.8. The highest BCUT2D eigenvalue weighted by Crippen LogP contribution is 2.64. The first-order valence-electron chi connectivity index (χ1n) is 10.5. The molecule has 0 radical (unpaired) electrons. The second kappa shape index (κ2) is 12.0. The SMILES string of the molecule is COc1ccc([C@H]2SSC(C)(C)[C@H]2OP(OCCC#N)N(C(C)C)C(C)C)c(OC)c1. The lowest BCUT2D eigenvalue weighted by Crippen LogP contribution is -2.39. The first kappa shape index (κ1) is 26.6. The third kappa shape index (κ3) is 6.66. The van der Waals surface area contributed by atoms with Crippen molar-refractivity contribution in [3.63, 3.8) is 0 Å².